The van der Waals surface area contributed by atoms with E-state index in [4.69, 9.17) is 18.9 Å². The van der Waals surface area contributed by atoms with E-state index >= 15 is 0 Å². The molecule has 2 saturated heterocycles. The lowest BCUT2D eigenvalue weighted by molar-refractivity contribution is -0.265. The molecule has 4 N–H and O–H groups in total. The molecule has 2 aliphatic heterocycles. The number of ether oxygens (including phenoxy) is 4. The Hall–Kier alpha value is -3.63. The Morgan fingerprint density at radius 2 is 1.57 bits per heavy atom. The van der Waals surface area contributed by atoms with Gasteiger partial charge in [0.25, 0.3) is 11.7 Å². The monoisotopic (exact) mass is 914 g/mol. The minimum absolute atomic E-state index is 0.0173. The molecule has 3 aliphatic rings. The van der Waals surface area contributed by atoms with E-state index in [0.717, 1.165) is 29.7 Å². The molecule has 65 heavy (non-hydrogen) atoms. The summed E-state index contributed by atoms with van der Waals surface area (Å²) < 4.78 is 22.7. The minimum atomic E-state index is -2.38. The topological polar surface area (TPSA) is 206 Å². The van der Waals surface area contributed by atoms with Gasteiger partial charge in [-0.2, -0.15) is 0 Å². The molecular weight excluding hydrogens is 835 g/mol. The van der Waals surface area contributed by atoms with Gasteiger partial charge in [-0.25, -0.2) is 4.79 Å². The SMILES string of the molecule is COC(CC1CCC(C)[C@](O)(C(=O)C(=O)N2CCCCC2C(=O)O)O1)C(C)=CC=CC=CC(C)CC(C)C(=O)C(OC)C(O)C(C)=CC(C)C(=O)C=CC(C)CC1CCC(O)C(OC)C1. The third kappa shape index (κ3) is 16.0. The molecule has 0 aromatic carbocycles. The van der Waals surface area contributed by atoms with Crippen molar-refractivity contribution in [1.82, 2.24) is 4.90 Å². The van der Waals surface area contributed by atoms with Gasteiger partial charge < -0.3 is 44.3 Å². The van der Waals surface area contributed by atoms with Crippen LogP contribution in [0, 0.1) is 35.5 Å². The number of carbonyl (C=O) groups excluding carboxylic acids is 4. The number of hydrogen-bond acceptors (Lipinski definition) is 12. The molecule has 3 fully saturated rings. The highest BCUT2D eigenvalue weighted by Crippen LogP contribution is 2.37. The second-order valence-corrected chi connectivity index (χ2v) is 19.0. The van der Waals surface area contributed by atoms with Crippen LogP contribution in [-0.2, 0) is 42.9 Å². The van der Waals surface area contributed by atoms with Crippen LogP contribution in [0.3, 0.4) is 0 Å². The molecule has 1 amide bonds. The summed E-state index contributed by atoms with van der Waals surface area (Å²) in [5.41, 5.74) is 1.35. The number of likely N-dealkylation sites (tertiary alicyclic amines) is 1. The maximum atomic E-state index is 13.5. The second-order valence-electron chi connectivity index (χ2n) is 19.0. The molecule has 0 spiro atoms. The fourth-order valence-corrected chi connectivity index (χ4v) is 9.48. The van der Waals surface area contributed by atoms with Crippen molar-refractivity contribution in [1.29, 1.82) is 0 Å². The molecule has 14 heteroatoms. The van der Waals surface area contributed by atoms with Crippen LogP contribution in [0.25, 0.3) is 0 Å². The maximum absolute atomic E-state index is 13.5. The van der Waals surface area contributed by atoms with Crippen LogP contribution in [0.4, 0.5) is 0 Å². The predicted molar refractivity (Wildman–Crippen MR) is 247 cm³/mol. The summed E-state index contributed by atoms with van der Waals surface area (Å²) in [6, 6.07) is -1.12. The number of nitrogens with zero attached hydrogens (tertiary/aromatic N) is 1. The highest BCUT2D eigenvalue weighted by molar-refractivity contribution is 6.39. The summed E-state index contributed by atoms with van der Waals surface area (Å²) in [6.07, 6.45) is 17.4. The number of carboxylic acid groups (broad SMARTS) is 1. The maximum Gasteiger partial charge on any atom is 0.326 e. The third-order valence-electron chi connectivity index (χ3n) is 13.7. The van der Waals surface area contributed by atoms with Crippen LogP contribution < -0.4 is 0 Å². The van der Waals surface area contributed by atoms with Crippen molar-refractivity contribution in [3.63, 3.8) is 0 Å². The molecule has 14 atom stereocenters. The van der Waals surface area contributed by atoms with E-state index in [9.17, 15) is 44.4 Å². The number of amides is 1. The molecular formula is C51H79NO13. The number of ketones is 3. The Morgan fingerprint density at radius 1 is 0.862 bits per heavy atom. The molecule has 2 heterocycles. The van der Waals surface area contributed by atoms with Crippen molar-refractivity contribution < 1.29 is 63.3 Å². The average Bonchev–Trinajstić information content (AvgIpc) is 3.28. The van der Waals surface area contributed by atoms with Crippen LogP contribution in [0.1, 0.15) is 119 Å². The van der Waals surface area contributed by atoms with Gasteiger partial charge in [0.05, 0.1) is 24.4 Å². The normalized spacial score (nSPS) is 29.3. The number of hydrogen-bond donors (Lipinski definition) is 4. The molecule has 14 nitrogen and oxygen atoms in total. The fourth-order valence-electron chi connectivity index (χ4n) is 9.48. The third-order valence-corrected chi connectivity index (χ3v) is 13.7. The summed E-state index contributed by atoms with van der Waals surface area (Å²) in [5, 5.41) is 42.4. The number of methoxy groups -OCH3 is 3. The molecule has 1 aliphatic carbocycles. The number of aliphatic carboxylic acids is 1. The zero-order valence-electron chi connectivity index (χ0n) is 40.5. The van der Waals surface area contributed by atoms with E-state index in [-0.39, 0.29) is 42.5 Å². The Balaban J connectivity index is 1.51. The Morgan fingerprint density at radius 3 is 2.22 bits per heavy atom. The highest BCUT2D eigenvalue weighted by Gasteiger charge is 2.52. The molecule has 0 aromatic rings. The van der Waals surface area contributed by atoms with Crippen LogP contribution >= 0.6 is 0 Å². The zero-order chi connectivity index (χ0) is 48.6. The second kappa shape index (κ2) is 26.6. The average molecular weight is 914 g/mol. The van der Waals surface area contributed by atoms with Gasteiger partial charge in [0.1, 0.15) is 18.2 Å². The van der Waals surface area contributed by atoms with E-state index in [1.165, 1.54) is 7.11 Å². The van der Waals surface area contributed by atoms with Crippen LogP contribution in [-0.4, -0.2) is 131 Å². The predicted octanol–water partition coefficient (Wildman–Crippen LogP) is 6.51. The van der Waals surface area contributed by atoms with Crippen molar-refractivity contribution in [2.45, 2.75) is 168 Å². The number of Topliss-reactive ketones (excluding diaryl/α,β-unsaturated/α-hetero) is 2. The molecule has 3 rings (SSSR count). The quantitative estimate of drug-likeness (QED) is 0.0353. The lowest BCUT2D eigenvalue weighted by atomic mass is 9.80. The lowest BCUT2D eigenvalue weighted by Crippen LogP contribution is -2.60. The Kier molecular flexibility index (Phi) is 22.8. The number of carbonyl (C=O) groups is 5. The lowest BCUT2D eigenvalue weighted by Gasteiger charge is -2.42. The molecule has 0 radical (unpaired) electrons. The van der Waals surface area contributed by atoms with E-state index < -0.39 is 77.8 Å². The molecule has 0 aromatic heterocycles. The van der Waals surface area contributed by atoms with Gasteiger partial charge in [-0.1, -0.05) is 77.2 Å². The van der Waals surface area contributed by atoms with Crippen molar-refractivity contribution in [3.05, 3.63) is 59.8 Å². The van der Waals surface area contributed by atoms with Crippen LogP contribution in [0.15, 0.2) is 59.8 Å². The number of piperidine rings is 1. The molecule has 1 saturated carbocycles. The first-order valence-electron chi connectivity index (χ1n) is 23.6. The Labute approximate surface area is 387 Å². The van der Waals surface area contributed by atoms with E-state index in [1.807, 2.05) is 57.2 Å². The van der Waals surface area contributed by atoms with Gasteiger partial charge in [-0.05, 0) is 113 Å². The summed E-state index contributed by atoms with van der Waals surface area (Å²) in [7, 11) is 4.58. The molecule has 13 unspecified atom stereocenters. The minimum Gasteiger partial charge on any atom is -0.480 e. The number of rotatable bonds is 24. The first-order chi connectivity index (χ1) is 30.7. The van der Waals surface area contributed by atoms with Gasteiger partial charge in [0, 0.05) is 52.0 Å². The molecule has 366 valence electrons. The van der Waals surface area contributed by atoms with Crippen LogP contribution in [0.2, 0.25) is 0 Å². The number of allylic oxidation sites excluding steroid dienone is 8. The first kappa shape index (κ1) is 55.7. The van der Waals surface area contributed by atoms with E-state index in [1.54, 1.807) is 47.1 Å². The zero-order valence-corrected chi connectivity index (χ0v) is 40.5. The van der Waals surface area contributed by atoms with Crippen molar-refractivity contribution >= 4 is 29.2 Å². The summed E-state index contributed by atoms with van der Waals surface area (Å²) >= 11 is 0. The van der Waals surface area contributed by atoms with Gasteiger partial charge in [-0.15, -0.1) is 0 Å². The van der Waals surface area contributed by atoms with Crippen molar-refractivity contribution in [2.24, 2.45) is 35.5 Å². The molecule has 0 bridgehead atoms. The number of aliphatic hydroxyl groups excluding tert-OH is 2. The van der Waals surface area contributed by atoms with Gasteiger partial charge in [0.2, 0.25) is 5.79 Å². The van der Waals surface area contributed by atoms with Gasteiger partial charge >= 0.3 is 5.97 Å². The van der Waals surface area contributed by atoms with Crippen molar-refractivity contribution in [2.75, 3.05) is 27.9 Å². The van der Waals surface area contributed by atoms with Gasteiger partial charge in [-0.3, -0.25) is 19.2 Å². The number of carboxylic acids is 1. The fraction of sp³-hybridized carbons (Fsp3) is 0.706. The summed E-state index contributed by atoms with van der Waals surface area (Å²) in [6.45, 7) is 13.0. The van der Waals surface area contributed by atoms with E-state index in [2.05, 4.69) is 6.92 Å². The smallest absolute Gasteiger partial charge is 0.326 e. The standard InChI is InChI=1S/C51H79NO13/c1-31(26-35(5)45(55)47(64-10)46(56)36(6)28-34(4)41(53)23-19-32(2)27-38-21-24-42(54)44(29-38)63-9)16-12-11-13-17-33(3)43(62-8)30-39-22-20-37(7)51(61,65-39)48(57)49(58)52-25-15-14-18-40(52)50(59)60/h11-13,16-17,19,23,28,31-32,34-35,37-40,42-44,46-47,54,56,61H,14-15,18,20-22,24-27,29-30H2,1-10H3,(H,59,60)/t31?,32?,34?,35?,37?,38?,39?,40?,42?,43?,44?,46?,47?,51-/m1/s1. The summed E-state index contributed by atoms with van der Waals surface area (Å²) in [5.74, 6) is -7.06. The van der Waals surface area contributed by atoms with Crippen LogP contribution in [0.5, 0.6) is 0 Å². The largest absolute Gasteiger partial charge is 0.480 e. The van der Waals surface area contributed by atoms with Crippen molar-refractivity contribution in [3.8, 4) is 0 Å². The number of aliphatic hydroxyl groups is 3. The van der Waals surface area contributed by atoms with Gasteiger partial charge in [0.15, 0.2) is 11.6 Å². The van der Waals surface area contributed by atoms with E-state index in [0.29, 0.717) is 56.4 Å². The highest BCUT2D eigenvalue weighted by atomic mass is 16.6. The summed E-state index contributed by atoms with van der Waals surface area (Å²) in [4.78, 5) is 66.1. The first-order valence-corrected chi connectivity index (χ1v) is 23.6. The Bertz CT molecular complexity index is 1750.